The highest BCUT2D eigenvalue weighted by Gasteiger charge is 2.16. The van der Waals surface area contributed by atoms with Crippen LogP contribution in [0.25, 0.3) is 0 Å². The van der Waals surface area contributed by atoms with Crippen molar-refractivity contribution in [3.8, 4) is 0 Å². The quantitative estimate of drug-likeness (QED) is 0.588. The van der Waals surface area contributed by atoms with Crippen molar-refractivity contribution < 1.29 is 19.1 Å². The van der Waals surface area contributed by atoms with Gasteiger partial charge in [0.2, 0.25) is 0 Å². The topological polar surface area (TPSA) is 72.5 Å². The third kappa shape index (κ3) is 4.87. The minimum absolute atomic E-state index is 0.242. The van der Waals surface area contributed by atoms with E-state index in [9.17, 15) is 14.4 Å². The summed E-state index contributed by atoms with van der Waals surface area (Å²) in [6.45, 7) is -0.711. The van der Waals surface area contributed by atoms with Crippen LogP contribution in [0.2, 0.25) is 10.0 Å². The van der Waals surface area contributed by atoms with E-state index >= 15 is 0 Å². The summed E-state index contributed by atoms with van der Waals surface area (Å²) in [5, 5.41) is 2.99. The van der Waals surface area contributed by atoms with Crippen LogP contribution in [0.5, 0.6) is 0 Å². The number of hydrogen-bond acceptors (Lipinski definition) is 4. The van der Waals surface area contributed by atoms with Crippen molar-refractivity contribution in [1.82, 2.24) is 5.32 Å². The minimum atomic E-state index is -0.696. The normalized spacial score (nSPS) is 12.4. The summed E-state index contributed by atoms with van der Waals surface area (Å²) in [5.41, 5.74) is 3.25. The molecular weight excluding hydrogens is 389 g/mol. The molecule has 0 heterocycles. The molecule has 7 heteroatoms. The molecule has 0 saturated heterocycles. The Kier molecular flexibility index (Phi) is 6.14. The lowest BCUT2D eigenvalue weighted by Gasteiger charge is -2.08. The molecule has 1 aliphatic carbocycles. The Morgan fingerprint density at radius 2 is 1.67 bits per heavy atom. The van der Waals surface area contributed by atoms with Gasteiger partial charge in [-0.1, -0.05) is 35.3 Å². The summed E-state index contributed by atoms with van der Waals surface area (Å²) < 4.78 is 4.96. The number of fused-ring (bicyclic) bond motifs is 1. The number of esters is 1. The highest BCUT2D eigenvalue weighted by atomic mass is 35.5. The molecule has 2 aromatic rings. The minimum Gasteiger partial charge on any atom is -0.456 e. The summed E-state index contributed by atoms with van der Waals surface area (Å²) in [7, 11) is 0. The van der Waals surface area contributed by atoms with Gasteiger partial charge in [-0.2, -0.15) is 0 Å². The maximum Gasteiger partial charge on any atom is 0.325 e. The lowest BCUT2D eigenvalue weighted by Crippen LogP contribution is -2.31. The smallest absolute Gasteiger partial charge is 0.325 e. The fraction of sp³-hybridized carbons (Fsp3) is 0.250. The first-order valence-corrected chi connectivity index (χ1v) is 9.23. The maximum absolute atomic E-state index is 12.2. The third-order valence-corrected chi connectivity index (χ3v) is 5.10. The van der Waals surface area contributed by atoms with Crippen molar-refractivity contribution in [3.05, 3.63) is 68.7 Å². The van der Waals surface area contributed by atoms with Crippen molar-refractivity contribution in [2.45, 2.75) is 19.3 Å². The number of hydrogen-bond donors (Lipinski definition) is 1. The first kappa shape index (κ1) is 19.4. The largest absolute Gasteiger partial charge is 0.456 e. The Balaban J connectivity index is 1.47. The number of benzene rings is 2. The SMILES string of the molecule is O=C(CNC(=O)c1ccc(Cl)c(Cl)c1)OCC(=O)c1ccc2c(c1)CCC2. The number of halogens is 2. The molecular formula is C20H17Cl2NO4. The highest BCUT2D eigenvalue weighted by molar-refractivity contribution is 6.42. The molecule has 140 valence electrons. The molecule has 0 spiro atoms. The second-order valence-electron chi connectivity index (χ2n) is 6.23. The molecule has 0 fully saturated rings. The Morgan fingerprint density at radius 3 is 2.44 bits per heavy atom. The van der Waals surface area contributed by atoms with E-state index in [1.165, 1.54) is 29.3 Å². The van der Waals surface area contributed by atoms with Gasteiger partial charge >= 0.3 is 5.97 Å². The molecule has 0 aliphatic heterocycles. The average molecular weight is 406 g/mol. The zero-order valence-corrected chi connectivity index (χ0v) is 15.9. The van der Waals surface area contributed by atoms with Crippen LogP contribution in [-0.4, -0.2) is 30.8 Å². The Hall–Kier alpha value is -2.37. The van der Waals surface area contributed by atoms with Crippen LogP contribution in [0.3, 0.4) is 0 Å². The van der Waals surface area contributed by atoms with Crippen molar-refractivity contribution in [2.75, 3.05) is 13.2 Å². The van der Waals surface area contributed by atoms with Crippen molar-refractivity contribution >= 4 is 40.9 Å². The summed E-state index contributed by atoms with van der Waals surface area (Å²) in [6.07, 6.45) is 3.11. The van der Waals surface area contributed by atoms with E-state index in [-0.39, 0.29) is 29.5 Å². The lowest BCUT2D eigenvalue weighted by molar-refractivity contribution is -0.141. The molecule has 0 unspecified atom stereocenters. The van der Waals surface area contributed by atoms with E-state index in [1.54, 1.807) is 6.07 Å². The van der Waals surface area contributed by atoms with Gasteiger partial charge in [-0.05, 0) is 54.7 Å². The molecule has 5 nitrogen and oxygen atoms in total. The number of aryl methyl sites for hydroxylation is 2. The fourth-order valence-electron chi connectivity index (χ4n) is 2.92. The number of ketones is 1. The molecule has 0 atom stereocenters. The molecule has 1 amide bonds. The first-order chi connectivity index (χ1) is 12.9. The molecule has 2 aromatic carbocycles. The Morgan fingerprint density at radius 1 is 0.926 bits per heavy atom. The van der Waals surface area contributed by atoms with Crippen LogP contribution >= 0.6 is 23.2 Å². The van der Waals surface area contributed by atoms with Crippen LogP contribution in [0, 0.1) is 0 Å². The second-order valence-corrected chi connectivity index (χ2v) is 7.05. The summed E-state index contributed by atoms with van der Waals surface area (Å²) in [4.78, 5) is 36.0. The van der Waals surface area contributed by atoms with E-state index < -0.39 is 11.9 Å². The predicted molar refractivity (Wildman–Crippen MR) is 103 cm³/mol. The van der Waals surface area contributed by atoms with Crippen LogP contribution in [0.4, 0.5) is 0 Å². The van der Waals surface area contributed by atoms with Crippen LogP contribution in [-0.2, 0) is 22.4 Å². The van der Waals surface area contributed by atoms with Gasteiger partial charge in [-0.25, -0.2) is 0 Å². The van der Waals surface area contributed by atoms with Gasteiger partial charge < -0.3 is 10.1 Å². The molecule has 0 bridgehead atoms. The second kappa shape index (κ2) is 8.55. The zero-order valence-electron chi connectivity index (χ0n) is 14.4. The number of carbonyl (C=O) groups excluding carboxylic acids is 3. The molecule has 0 radical (unpaired) electrons. The monoisotopic (exact) mass is 405 g/mol. The summed E-state index contributed by atoms with van der Waals surface area (Å²) >= 11 is 11.7. The molecule has 1 aliphatic rings. The Labute approximate surface area is 166 Å². The van der Waals surface area contributed by atoms with E-state index in [4.69, 9.17) is 27.9 Å². The molecule has 27 heavy (non-hydrogen) atoms. The van der Waals surface area contributed by atoms with Crippen LogP contribution in [0.15, 0.2) is 36.4 Å². The van der Waals surface area contributed by atoms with Crippen molar-refractivity contribution in [2.24, 2.45) is 0 Å². The van der Waals surface area contributed by atoms with Gasteiger partial charge in [0.25, 0.3) is 5.91 Å². The maximum atomic E-state index is 12.2. The molecule has 1 N–H and O–H groups in total. The zero-order chi connectivity index (χ0) is 19.4. The highest BCUT2D eigenvalue weighted by Crippen LogP contribution is 2.23. The standard InChI is InChI=1S/C20H17Cl2NO4/c21-16-7-6-15(9-17(16)22)20(26)23-10-19(25)27-11-18(24)14-5-4-12-2-1-3-13(12)8-14/h4-9H,1-3,10-11H2,(H,23,26). The predicted octanol–water partition coefficient (Wildman–Crippen LogP) is 3.64. The van der Waals surface area contributed by atoms with Gasteiger partial charge in [0.1, 0.15) is 6.54 Å². The number of rotatable bonds is 6. The van der Waals surface area contributed by atoms with Gasteiger partial charge in [0.15, 0.2) is 12.4 Å². The number of Topliss-reactive ketones (excluding diaryl/α,β-unsaturated/α-hetero) is 1. The first-order valence-electron chi connectivity index (χ1n) is 8.48. The van der Waals surface area contributed by atoms with Gasteiger partial charge in [0, 0.05) is 11.1 Å². The number of amides is 1. The van der Waals surface area contributed by atoms with Crippen molar-refractivity contribution in [3.63, 3.8) is 0 Å². The molecule has 0 saturated carbocycles. The number of nitrogens with one attached hydrogen (secondary N) is 1. The van der Waals surface area contributed by atoms with Crippen LogP contribution in [0.1, 0.15) is 38.3 Å². The van der Waals surface area contributed by atoms with Gasteiger partial charge in [0.05, 0.1) is 10.0 Å². The van der Waals surface area contributed by atoms with Gasteiger partial charge in [-0.15, -0.1) is 0 Å². The van der Waals surface area contributed by atoms with Crippen LogP contribution < -0.4 is 5.32 Å². The Bertz CT molecular complexity index is 911. The number of ether oxygens (including phenoxy) is 1. The number of carbonyl (C=O) groups is 3. The third-order valence-electron chi connectivity index (χ3n) is 4.36. The van der Waals surface area contributed by atoms with Crippen molar-refractivity contribution in [1.29, 1.82) is 0 Å². The summed E-state index contributed by atoms with van der Waals surface area (Å²) in [5.74, 6) is -1.46. The summed E-state index contributed by atoms with van der Waals surface area (Å²) in [6, 6.07) is 9.96. The van der Waals surface area contributed by atoms with Gasteiger partial charge in [-0.3, -0.25) is 14.4 Å². The van der Waals surface area contributed by atoms with E-state index in [1.807, 2.05) is 12.1 Å². The van der Waals surface area contributed by atoms with E-state index in [0.717, 1.165) is 19.3 Å². The fourth-order valence-corrected chi connectivity index (χ4v) is 3.22. The average Bonchev–Trinajstić information content (AvgIpc) is 3.14. The van der Waals surface area contributed by atoms with E-state index in [2.05, 4.69) is 5.32 Å². The lowest BCUT2D eigenvalue weighted by atomic mass is 10.0. The van der Waals surface area contributed by atoms with E-state index in [0.29, 0.717) is 10.6 Å². The molecule has 3 rings (SSSR count). The molecule has 0 aromatic heterocycles.